The van der Waals surface area contributed by atoms with Gasteiger partial charge in [-0.2, -0.15) is 0 Å². The standard InChI is InChI=1S/C12H17FN2O3S/c13-11-7-10(19(14,16)17)1-2-12(11)15-5-3-9-4-6-18-8-9/h1-2,7,9,15H,3-6,8H2,(H2,14,16,17). The molecule has 1 atom stereocenters. The zero-order valence-corrected chi connectivity index (χ0v) is 11.2. The van der Waals surface area contributed by atoms with Crippen LogP contribution in [-0.2, 0) is 14.8 Å². The molecule has 0 saturated carbocycles. The van der Waals surface area contributed by atoms with Crippen molar-refractivity contribution in [3.8, 4) is 0 Å². The van der Waals surface area contributed by atoms with Crippen molar-refractivity contribution in [2.24, 2.45) is 11.1 Å². The summed E-state index contributed by atoms with van der Waals surface area (Å²) in [6.07, 6.45) is 1.94. The van der Waals surface area contributed by atoms with Crippen LogP contribution in [0.2, 0.25) is 0 Å². The van der Waals surface area contributed by atoms with Crippen molar-refractivity contribution in [3.05, 3.63) is 24.0 Å². The Morgan fingerprint density at radius 3 is 2.84 bits per heavy atom. The number of nitrogens with one attached hydrogen (secondary N) is 1. The lowest BCUT2D eigenvalue weighted by Crippen LogP contribution is -2.13. The zero-order valence-electron chi connectivity index (χ0n) is 10.4. The fourth-order valence-electron chi connectivity index (χ4n) is 2.04. The van der Waals surface area contributed by atoms with E-state index in [0.717, 1.165) is 32.1 Å². The van der Waals surface area contributed by atoms with E-state index in [2.05, 4.69) is 5.32 Å². The third kappa shape index (κ3) is 3.89. The van der Waals surface area contributed by atoms with Gasteiger partial charge in [-0.15, -0.1) is 0 Å². The average molecular weight is 288 g/mol. The fourth-order valence-corrected chi connectivity index (χ4v) is 2.56. The summed E-state index contributed by atoms with van der Waals surface area (Å²) in [6.45, 7) is 2.18. The monoisotopic (exact) mass is 288 g/mol. The molecule has 0 spiro atoms. The Balaban J connectivity index is 1.93. The quantitative estimate of drug-likeness (QED) is 0.856. The fraction of sp³-hybridized carbons (Fsp3) is 0.500. The summed E-state index contributed by atoms with van der Waals surface area (Å²) in [5, 5.41) is 7.88. The second kappa shape index (κ2) is 5.85. The van der Waals surface area contributed by atoms with E-state index in [1.807, 2.05) is 0 Å². The van der Waals surface area contributed by atoms with Crippen molar-refractivity contribution in [2.45, 2.75) is 17.7 Å². The van der Waals surface area contributed by atoms with Crippen LogP contribution in [0, 0.1) is 11.7 Å². The lowest BCUT2D eigenvalue weighted by atomic mass is 10.1. The number of hydrogen-bond acceptors (Lipinski definition) is 4. The molecule has 106 valence electrons. The van der Waals surface area contributed by atoms with Crippen LogP contribution in [-0.4, -0.2) is 28.2 Å². The van der Waals surface area contributed by atoms with Crippen LogP contribution in [0.1, 0.15) is 12.8 Å². The molecule has 0 amide bonds. The van der Waals surface area contributed by atoms with Crippen LogP contribution >= 0.6 is 0 Å². The Bertz CT molecular complexity index is 542. The van der Waals surface area contributed by atoms with Crippen LogP contribution in [0.3, 0.4) is 0 Å². The van der Waals surface area contributed by atoms with Gasteiger partial charge in [0.1, 0.15) is 5.82 Å². The molecular formula is C12H17FN2O3S. The molecule has 0 radical (unpaired) electrons. The molecule has 1 fully saturated rings. The van der Waals surface area contributed by atoms with Crippen molar-refractivity contribution < 1.29 is 17.5 Å². The third-order valence-electron chi connectivity index (χ3n) is 3.16. The molecule has 1 saturated heterocycles. The smallest absolute Gasteiger partial charge is 0.238 e. The molecule has 7 heteroatoms. The maximum atomic E-state index is 13.7. The highest BCUT2D eigenvalue weighted by atomic mass is 32.2. The van der Waals surface area contributed by atoms with Crippen molar-refractivity contribution in [1.82, 2.24) is 0 Å². The lowest BCUT2D eigenvalue weighted by molar-refractivity contribution is 0.185. The minimum Gasteiger partial charge on any atom is -0.383 e. The molecule has 0 bridgehead atoms. The molecule has 1 aliphatic rings. The van der Waals surface area contributed by atoms with E-state index in [9.17, 15) is 12.8 Å². The second-order valence-electron chi connectivity index (χ2n) is 4.63. The molecule has 1 unspecified atom stereocenters. The predicted molar refractivity (Wildman–Crippen MR) is 69.8 cm³/mol. The highest BCUT2D eigenvalue weighted by molar-refractivity contribution is 7.89. The number of ether oxygens (including phenoxy) is 1. The summed E-state index contributed by atoms with van der Waals surface area (Å²) in [5.74, 6) is -0.103. The first kappa shape index (κ1) is 14.2. The average Bonchev–Trinajstić information content (AvgIpc) is 2.83. The molecule has 1 aromatic rings. The molecule has 1 heterocycles. The summed E-state index contributed by atoms with van der Waals surface area (Å²) in [7, 11) is -3.86. The van der Waals surface area contributed by atoms with Crippen LogP contribution in [0.5, 0.6) is 0 Å². The van der Waals surface area contributed by atoms with Gasteiger partial charge in [0.25, 0.3) is 0 Å². The zero-order chi connectivity index (χ0) is 13.9. The Morgan fingerprint density at radius 2 is 2.26 bits per heavy atom. The minimum absolute atomic E-state index is 0.222. The maximum Gasteiger partial charge on any atom is 0.238 e. The van der Waals surface area contributed by atoms with Gasteiger partial charge in [-0.1, -0.05) is 0 Å². The summed E-state index contributed by atoms with van der Waals surface area (Å²) in [6, 6.07) is 3.61. The van der Waals surface area contributed by atoms with Crippen LogP contribution in [0.15, 0.2) is 23.1 Å². The first-order chi connectivity index (χ1) is 8.97. The molecule has 3 N–H and O–H groups in total. The molecule has 2 rings (SSSR count). The van der Waals surface area contributed by atoms with Crippen LogP contribution in [0.25, 0.3) is 0 Å². The van der Waals surface area contributed by atoms with Crippen molar-refractivity contribution in [2.75, 3.05) is 25.1 Å². The Hall–Kier alpha value is -1.18. The normalized spacial score (nSPS) is 19.6. The van der Waals surface area contributed by atoms with Gasteiger partial charge in [-0.3, -0.25) is 0 Å². The topological polar surface area (TPSA) is 81.4 Å². The van der Waals surface area contributed by atoms with E-state index in [-0.39, 0.29) is 10.6 Å². The van der Waals surface area contributed by atoms with E-state index in [1.54, 1.807) is 0 Å². The molecule has 1 aliphatic heterocycles. The summed E-state index contributed by atoms with van der Waals surface area (Å²) in [5.41, 5.74) is 0.284. The summed E-state index contributed by atoms with van der Waals surface area (Å²) in [4.78, 5) is -0.222. The SMILES string of the molecule is NS(=O)(=O)c1ccc(NCCC2CCOC2)c(F)c1. The summed E-state index contributed by atoms with van der Waals surface area (Å²) >= 11 is 0. The van der Waals surface area contributed by atoms with Crippen molar-refractivity contribution in [1.29, 1.82) is 0 Å². The Morgan fingerprint density at radius 1 is 1.47 bits per heavy atom. The Labute approximate surface area is 112 Å². The molecule has 1 aromatic carbocycles. The number of benzene rings is 1. The summed E-state index contributed by atoms with van der Waals surface area (Å²) < 4.78 is 41.1. The minimum atomic E-state index is -3.86. The van der Waals surface area contributed by atoms with E-state index in [0.29, 0.717) is 12.5 Å². The Kier molecular flexibility index (Phi) is 4.38. The number of primary sulfonamides is 1. The largest absolute Gasteiger partial charge is 0.383 e. The van der Waals surface area contributed by atoms with Gasteiger partial charge in [-0.25, -0.2) is 17.9 Å². The van der Waals surface area contributed by atoms with Gasteiger partial charge in [0.05, 0.1) is 10.6 Å². The third-order valence-corrected chi connectivity index (χ3v) is 4.07. The van der Waals surface area contributed by atoms with E-state index < -0.39 is 15.8 Å². The molecule has 0 aromatic heterocycles. The van der Waals surface area contributed by atoms with Gasteiger partial charge in [0, 0.05) is 19.8 Å². The molecular weight excluding hydrogens is 271 g/mol. The van der Waals surface area contributed by atoms with Gasteiger partial charge in [-0.05, 0) is 37.0 Å². The second-order valence-corrected chi connectivity index (χ2v) is 6.19. The van der Waals surface area contributed by atoms with E-state index in [4.69, 9.17) is 9.88 Å². The number of anilines is 1. The van der Waals surface area contributed by atoms with Crippen LogP contribution < -0.4 is 10.5 Å². The maximum absolute atomic E-state index is 13.7. The van der Waals surface area contributed by atoms with Crippen LogP contribution in [0.4, 0.5) is 10.1 Å². The van der Waals surface area contributed by atoms with Gasteiger partial charge in [0.2, 0.25) is 10.0 Å². The number of rotatable bonds is 5. The van der Waals surface area contributed by atoms with Gasteiger partial charge < -0.3 is 10.1 Å². The number of halogens is 1. The first-order valence-electron chi connectivity index (χ1n) is 6.11. The predicted octanol–water partition coefficient (Wildman–Crippen LogP) is 1.31. The molecule has 0 aliphatic carbocycles. The van der Waals surface area contributed by atoms with Crippen molar-refractivity contribution >= 4 is 15.7 Å². The van der Waals surface area contributed by atoms with Gasteiger partial charge >= 0.3 is 0 Å². The highest BCUT2D eigenvalue weighted by Gasteiger charge is 2.15. The van der Waals surface area contributed by atoms with E-state index >= 15 is 0 Å². The highest BCUT2D eigenvalue weighted by Crippen LogP contribution is 2.20. The molecule has 19 heavy (non-hydrogen) atoms. The number of sulfonamides is 1. The van der Waals surface area contributed by atoms with Gasteiger partial charge in [0.15, 0.2) is 0 Å². The number of hydrogen-bond donors (Lipinski definition) is 2. The van der Waals surface area contributed by atoms with E-state index in [1.165, 1.54) is 12.1 Å². The van der Waals surface area contributed by atoms with Crippen molar-refractivity contribution in [3.63, 3.8) is 0 Å². The number of nitrogens with two attached hydrogens (primary N) is 1. The first-order valence-corrected chi connectivity index (χ1v) is 7.65. The molecule has 5 nitrogen and oxygen atoms in total. The lowest BCUT2D eigenvalue weighted by Gasteiger charge is -2.11.